The average Bonchev–Trinajstić information content (AvgIpc) is 3.25. The van der Waals surface area contributed by atoms with Crippen molar-refractivity contribution in [1.82, 2.24) is 24.8 Å². The van der Waals surface area contributed by atoms with Gasteiger partial charge in [0.05, 0.1) is 29.2 Å². The molecule has 2 aromatic rings. The van der Waals surface area contributed by atoms with Gasteiger partial charge in [0.25, 0.3) is 0 Å². The van der Waals surface area contributed by atoms with E-state index in [1.54, 1.807) is 18.6 Å². The highest BCUT2D eigenvalue weighted by atomic mass is 16.2. The Morgan fingerprint density at radius 2 is 1.79 bits per heavy atom. The number of likely N-dealkylation sites (tertiary alicyclic amines) is 1. The molecule has 10 nitrogen and oxygen atoms in total. The van der Waals surface area contributed by atoms with Crippen LogP contribution in [-0.2, 0) is 10.2 Å². The summed E-state index contributed by atoms with van der Waals surface area (Å²) in [5.74, 6) is 2.72. The van der Waals surface area contributed by atoms with Gasteiger partial charge in [-0.2, -0.15) is 10.5 Å². The Hall–Kier alpha value is -3.76. The van der Waals surface area contributed by atoms with E-state index in [9.17, 15) is 15.3 Å². The molecule has 3 fully saturated rings. The number of aromatic nitrogens is 3. The fourth-order valence-electron chi connectivity index (χ4n) is 6.77. The minimum Gasteiger partial charge on any atom is -0.350 e. The SMILES string of the molecule is C[C@@H]1CN(c2ncnc3c2C2(CCC2)CN3c2cc(C#N)ccn2)[C@@H](C)CN1C(=O)C(C)(C)N1CC(C#N)C1. The smallest absolute Gasteiger partial charge is 0.242 e. The number of piperazine rings is 1. The molecule has 0 radical (unpaired) electrons. The fraction of sp³-hybridized carbons (Fsp3) is 0.586. The number of anilines is 3. The van der Waals surface area contributed by atoms with E-state index in [-0.39, 0.29) is 29.3 Å². The maximum absolute atomic E-state index is 13.8. The summed E-state index contributed by atoms with van der Waals surface area (Å²) in [6, 6.07) is 8.17. The Morgan fingerprint density at radius 3 is 2.46 bits per heavy atom. The highest BCUT2D eigenvalue weighted by Gasteiger charge is 2.52. The molecule has 4 aliphatic rings. The Bertz CT molecular complexity index is 1380. The minimum absolute atomic E-state index is 0.00968. The van der Waals surface area contributed by atoms with E-state index in [4.69, 9.17) is 9.97 Å². The summed E-state index contributed by atoms with van der Waals surface area (Å²) >= 11 is 0. The summed E-state index contributed by atoms with van der Waals surface area (Å²) < 4.78 is 0. The van der Waals surface area contributed by atoms with Gasteiger partial charge in [-0.3, -0.25) is 9.69 Å². The van der Waals surface area contributed by atoms with Crippen LogP contribution in [0, 0.1) is 28.6 Å². The van der Waals surface area contributed by atoms with Crippen molar-refractivity contribution in [2.45, 2.75) is 70.0 Å². The highest BCUT2D eigenvalue weighted by Crippen LogP contribution is 2.56. The number of nitrogens with zero attached hydrogens (tertiary/aromatic N) is 9. The van der Waals surface area contributed by atoms with Crippen molar-refractivity contribution in [2.24, 2.45) is 5.92 Å². The van der Waals surface area contributed by atoms with Crippen LogP contribution in [0.1, 0.15) is 58.1 Å². The van der Waals surface area contributed by atoms with Gasteiger partial charge in [-0.15, -0.1) is 0 Å². The first kappa shape index (κ1) is 25.5. The molecule has 2 atom stereocenters. The van der Waals surface area contributed by atoms with Crippen LogP contribution < -0.4 is 9.80 Å². The molecular formula is C29H35N9O. The van der Waals surface area contributed by atoms with E-state index in [1.165, 1.54) is 12.0 Å². The van der Waals surface area contributed by atoms with Crippen molar-refractivity contribution in [3.8, 4) is 12.1 Å². The van der Waals surface area contributed by atoms with E-state index in [1.807, 2.05) is 24.8 Å². The maximum atomic E-state index is 13.8. The third-order valence-corrected chi connectivity index (χ3v) is 9.41. The molecule has 3 aliphatic heterocycles. The molecule has 6 rings (SSSR count). The van der Waals surface area contributed by atoms with Gasteiger partial charge < -0.3 is 14.7 Å². The van der Waals surface area contributed by atoms with Crippen molar-refractivity contribution in [2.75, 3.05) is 42.5 Å². The molecule has 1 aliphatic carbocycles. The standard InChI is InChI=1S/C29H35N9O/c1-19-14-37(27(39)28(3,4)35-15-22(12-31)16-35)20(2)13-36(19)25-24-26(34-18-33-25)38(17-29(24)7-5-8-29)23-10-21(11-30)6-9-32-23/h6,9-10,18-20,22H,5,7-8,13-17H2,1-4H3/t19-,20+/m0/s1. The number of amides is 1. The molecule has 0 unspecified atom stereocenters. The number of hydrogen-bond donors (Lipinski definition) is 0. The normalized spacial score (nSPS) is 24.5. The lowest BCUT2D eigenvalue weighted by Crippen LogP contribution is -2.67. The van der Waals surface area contributed by atoms with E-state index in [2.05, 4.69) is 45.7 Å². The molecule has 2 aromatic heterocycles. The van der Waals surface area contributed by atoms with Crippen LogP contribution in [0.15, 0.2) is 24.7 Å². The number of fused-ring (bicyclic) bond motifs is 2. The lowest BCUT2D eigenvalue weighted by atomic mass is 9.66. The van der Waals surface area contributed by atoms with Crippen LogP contribution in [-0.4, -0.2) is 81.0 Å². The second-order valence-electron chi connectivity index (χ2n) is 12.2. The monoisotopic (exact) mass is 525 g/mol. The number of pyridine rings is 1. The van der Waals surface area contributed by atoms with E-state index < -0.39 is 5.54 Å². The first-order valence-electron chi connectivity index (χ1n) is 13.9. The number of carbonyl (C=O) groups excluding carboxylic acids is 1. The third-order valence-electron chi connectivity index (χ3n) is 9.41. The number of nitriles is 2. The quantitative estimate of drug-likeness (QED) is 0.594. The minimum atomic E-state index is -0.638. The molecule has 0 bridgehead atoms. The molecule has 2 saturated heterocycles. The van der Waals surface area contributed by atoms with Gasteiger partial charge in [-0.25, -0.2) is 15.0 Å². The zero-order valence-corrected chi connectivity index (χ0v) is 23.1. The molecule has 0 aromatic carbocycles. The summed E-state index contributed by atoms with van der Waals surface area (Å²) in [4.78, 5) is 36.6. The topological polar surface area (TPSA) is 116 Å². The van der Waals surface area contributed by atoms with Gasteiger partial charge in [-0.1, -0.05) is 6.42 Å². The van der Waals surface area contributed by atoms with E-state index in [0.717, 1.165) is 36.8 Å². The number of rotatable bonds is 4. The molecular weight excluding hydrogens is 490 g/mol. The van der Waals surface area contributed by atoms with Crippen molar-refractivity contribution < 1.29 is 4.79 Å². The molecule has 202 valence electrons. The molecule has 39 heavy (non-hydrogen) atoms. The van der Waals surface area contributed by atoms with Gasteiger partial charge in [0, 0.05) is 62.0 Å². The second kappa shape index (κ2) is 9.17. The molecule has 5 heterocycles. The van der Waals surface area contributed by atoms with E-state index >= 15 is 0 Å². The summed E-state index contributed by atoms with van der Waals surface area (Å²) in [5, 5.41) is 18.6. The summed E-state index contributed by atoms with van der Waals surface area (Å²) in [7, 11) is 0. The Balaban J connectivity index is 1.29. The van der Waals surface area contributed by atoms with Crippen molar-refractivity contribution in [3.63, 3.8) is 0 Å². The largest absolute Gasteiger partial charge is 0.350 e. The Morgan fingerprint density at radius 1 is 1.05 bits per heavy atom. The first-order valence-corrected chi connectivity index (χ1v) is 13.9. The maximum Gasteiger partial charge on any atom is 0.242 e. The lowest BCUT2D eigenvalue weighted by molar-refractivity contribution is -0.149. The van der Waals surface area contributed by atoms with Crippen LogP contribution >= 0.6 is 0 Å². The van der Waals surface area contributed by atoms with Crippen molar-refractivity contribution >= 4 is 23.4 Å². The zero-order chi connectivity index (χ0) is 27.5. The highest BCUT2D eigenvalue weighted by molar-refractivity contribution is 5.86. The van der Waals surface area contributed by atoms with Crippen LogP contribution in [0.4, 0.5) is 17.5 Å². The van der Waals surface area contributed by atoms with Gasteiger partial charge in [0.15, 0.2) is 0 Å². The summed E-state index contributed by atoms with van der Waals surface area (Å²) in [5.41, 5.74) is 1.10. The van der Waals surface area contributed by atoms with Crippen LogP contribution in [0.3, 0.4) is 0 Å². The van der Waals surface area contributed by atoms with Gasteiger partial charge in [0.1, 0.15) is 23.8 Å². The second-order valence-corrected chi connectivity index (χ2v) is 12.2. The van der Waals surface area contributed by atoms with Gasteiger partial charge in [-0.05, 0) is 52.7 Å². The number of carbonyl (C=O) groups is 1. The molecule has 10 heteroatoms. The predicted molar refractivity (Wildman–Crippen MR) is 146 cm³/mol. The van der Waals surface area contributed by atoms with Gasteiger partial charge >= 0.3 is 0 Å². The average molecular weight is 526 g/mol. The zero-order valence-electron chi connectivity index (χ0n) is 23.1. The van der Waals surface area contributed by atoms with Crippen LogP contribution in [0.25, 0.3) is 0 Å². The van der Waals surface area contributed by atoms with Crippen LogP contribution in [0.5, 0.6) is 0 Å². The summed E-state index contributed by atoms with van der Waals surface area (Å²) in [6.45, 7) is 11.6. The third kappa shape index (κ3) is 3.92. The molecule has 1 saturated carbocycles. The summed E-state index contributed by atoms with van der Waals surface area (Å²) in [6.07, 6.45) is 6.64. The lowest BCUT2D eigenvalue weighted by Gasteiger charge is -2.51. The first-order chi connectivity index (χ1) is 18.7. The predicted octanol–water partition coefficient (Wildman–Crippen LogP) is 2.98. The van der Waals surface area contributed by atoms with Crippen molar-refractivity contribution in [1.29, 1.82) is 10.5 Å². The van der Waals surface area contributed by atoms with E-state index in [0.29, 0.717) is 31.7 Å². The Kier molecular flexibility index (Phi) is 6.00. The molecule has 0 N–H and O–H groups in total. The molecule has 1 amide bonds. The Labute approximate surface area is 229 Å². The fourth-order valence-corrected chi connectivity index (χ4v) is 6.77. The number of hydrogen-bond acceptors (Lipinski definition) is 9. The molecule has 1 spiro atoms. The van der Waals surface area contributed by atoms with Crippen LogP contribution in [0.2, 0.25) is 0 Å². The van der Waals surface area contributed by atoms with Crippen molar-refractivity contribution in [3.05, 3.63) is 35.8 Å². The van der Waals surface area contributed by atoms with Gasteiger partial charge in [0.2, 0.25) is 5.91 Å².